The Balaban J connectivity index is 2.43. The summed E-state index contributed by atoms with van der Waals surface area (Å²) in [5.41, 5.74) is 5.73. The molecule has 2 heterocycles. The first-order chi connectivity index (χ1) is 8.11. The lowest BCUT2D eigenvalue weighted by Crippen LogP contribution is -2.03. The summed E-state index contributed by atoms with van der Waals surface area (Å²) in [5.74, 6) is -0.807. The molecule has 2 aromatic heterocycles. The molecule has 2 aromatic rings. The molecule has 0 aliphatic heterocycles. The van der Waals surface area contributed by atoms with Gasteiger partial charge in [0.2, 0.25) is 0 Å². The van der Waals surface area contributed by atoms with E-state index in [2.05, 4.69) is 10.1 Å². The van der Waals surface area contributed by atoms with Crippen molar-refractivity contribution >= 4 is 11.7 Å². The molecule has 7 heteroatoms. The Morgan fingerprint density at radius 3 is 2.76 bits per heavy atom. The highest BCUT2D eigenvalue weighted by atomic mass is 16.4. The molecule has 0 atom stereocenters. The monoisotopic (exact) mass is 229 g/mol. The number of anilines is 1. The van der Waals surface area contributed by atoms with Gasteiger partial charge in [-0.1, -0.05) is 0 Å². The van der Waals surface area contributed by atoms with Crippen LogP contribution in [0, 0.1) is 11.3 Å². The zero-order chi connectivity index (χ0) is 12.4. The summed E-state index contributed by atoms with van der Waals surface area (Å²) < 4.78 is 1.25. The van der Waals surface area contributed by atoms with Crippen molar-refractivity contribution in [1.29, 1.82) is 5.26 Å². The van der Waals surface area contributed by atoms with Crippen molar-refractivity contribution < 1.29 is 9.90 Å². The van der Waals surface area contributed by atoms with Crippen molar-refractivity contribution in [3.8, 4) is 11.9 Å². The molecular formula is C10H7N5O2. The van der Waals surface area contributed by atoms with Crippen molar-refractivity contribution in [3.63, 3.8) is 0 Å². The van der Waals surface area contributed by atoms with E-state index in [1.165, 1.54) is 17.1 Å². The van der Waals surface area contributed by atoms with Gasteiger partial charge < -0.3 is 10.8 Å². The summed E-state index contributed by atoms with van der Waals surface area (Å²) in [6, 6.07) is 5.04. The number of aromatic nitrogens is 3. The zero-order valence-corrected chi connectivity index (χ0v) is 8.53. The number of carboxylic acids is 1. The third kappa shape index (κ3) is 1.91. The summed E-state index contributed by atoms with van der Waals surface area (Å²) in [4.78, 5) is 14.7. The third-order valence-electron chi connectivity index (χ3n) is 2.06. The topological polar surface area (TPSA) is 118 Å². The van der Waals surface area contributed by atoms with Crippen molar-refractivity contribution in [3.05, 3.63) is 35.8 Å². The van der Waals surface area contributed by atoms with Crippen LogP contribution in [-0.2, 0) is 0 Å². The summed E-state index contributed by atoms with van der Waals surface area (Å²) >= 11 is 0. The smallest absolute Gasteiger partial charge is 0.358 e. The Morgan fingerprint density at radius 2 is 2.29 bits per heavy atom. The molecule has 0 amide bonds. The van der Waals surface area contributed by atoms with Crippen molar-refractivity contribution in [2.45, 2.75) is 0 Å². The molecule has 0 aromatic carbocycles. The number of nitrogens with two attached hydrogens (primary N) is 1. The Bertz CT molecular complexity index is 609. The predicted molar refractivity (Wildman–Crippen MR) is 57.4 cm³/mol. The molecule has 17 heavy (non-hydrogen) atoms. The van der Waals surface area contributed by atoms with Crippen LogP contribution in [0.25, 0.3) is 5.82 Å². The van der Waals surface area contributed by atoms with Crippen LogP contribution in [0.4, 0.5) is 5.69 Å². The van der Waals surface area contributed by atoms with Crippen molar-refractivity contribution in [2.24, 2.45) is 0 Å². The third-order valence-corrected chi connectivity index (χ3v) is 2.06. The summed E-state index contributed by atoms with van der Waals surface area (Å²) in [5, 5.41) is 21.2. The van der Waals surface area contributed by atoms with Gasteiger partial charge in [0.15, 0.2) is 11.5 Å². The first kappa shape index (κ1) is 10.6. The minimum Gasteiger partial charge on any atom is -0.476 e. The lowest BCUT2D eigenvalue weighted by molar-refractivity contribution is 0.0691. The summed E-state index contributed by atoms with van der Waals surface area (Å²) in [6.45, 7) is 0. The maximum absolute atomic E-state index is 10.7. The Labute approximate surface area is 95.7 Å². The van der Waals surface area contributed by atoms with Gasteiger partial charge in [0.25, 0.3) is 0 Å². The van der Waals surface area contributed by atoms with Crippen LogP contribution in [-0.4, -0.2) is 25.8 Å². The Kier molecular flexibility index (Phi) is 2.46. The van der Waals surface area contributed by atoms with Crippen LogP contribution < -0.4 is 5.73 Å². The van der Waals surface area contributed by atoms with Gasteiger partial charge in [-0.15, -0.1) is 0 Å². The fraction of sp³-hybridized carbons (Fsp3) is 0. The largest absolute Gasteiger partial charge is 0.476 e. The molecule has 0 aliphatic rings. The SMILES string of the molecule is N#Cc1ccc(-n2cc(N)c(C(=O)O)n2)nc1. The minimum absolute atomic E-state index is 0.0589. The first-order valence-corrected chi connectivity index (χ1v) is 4.57. The van der Waals surface area contributed by atoms with Crippen molar-refractivity contribution in [2.75, 3.05) is 5.73 Å². The van der Waals surface area contributed by atoms with E-state index in [-0.39, 0.29) is 11.4 Å². The maximum Gasteiger partial charge on any atom is 0.358 e. The maximum atomic E-state index is 10.7. The van der Waals surface area contributed by atoms with E-state index < -0.39 is 5.97 Å². The molecule has 7 nitrogen and oxygen atoms in total. The van der Waals surface area contributed by atoms with E-state index >= 15 is 0 Å². The van der Waals surface area contributed by atoms with Gasteiger partial charge in [-0.2, -0.15) is 10.4 Å². The van der Waals surface area contributed by atoms with E-state index in [9.17, 15) is 4.79 Å². The van der Waals surface area contributed by atoms with E-state index in [0.29, 0.717) is 11.4 Å². The number of hydrogen-bond donors (Lipinski definition) is 2. The quantitative estimate of drug-likeness (QED) is 0.770. The normalized spacial score (nSPS) is 9.82. The Morgan fingerprint density at radius 1 is 1.53 bits per heavy atom. The van der Waals surface area contributed by atoms with Gasteiger partial charge in [0.1, 0.15) is 6.07 Å². The molecule has 0 aliphatic carbocycles. The first-order valence-electron chi connectivity index (χ1n) is 4.57. The van der Waals surface area contributed by atoms with Gasteiger partial charge >= 0.3 is 5.97 Å². The van der Waals surface area contributed by atoms with Crippen LogP contribution in [0.15, 0.2) is 24.5 Å². The predicted octanol–water partition coefficient (Wildman–Crippen LogP) is 0.419. The van der Waals surface area contributed by atoms with Crippen LogP contribution in [0.2, 0.25) is 0 Å². The highest BCUT2D eigenvalue weighted by molar-refractivity contribution is 5.91. The highest BCUT2D eigenvalue weighted by Crippen LogP contribution is 2.12. The fourth-order valence-electron chi connectivity index (χ4n) is 1.26. The number of pyridine rings is 1. The van der Waals surface area contributed by atoms with Gasteiger partial charge in [-0.25, -0.2) is 14.5 Å². The second-order valence-corrected chi connectivity index (χ2v) is 3.20. The van der Waals surface area contributed by atoms with E-state index in [0.717, 1.165) is 0 Å². The van der Waals surface area contributed by atoms with E-state index in [4.69, 9.17) is 16.1 Å². The lowest BCUT2D eigenvalue weighted by atomic mass is 10.3. The number of rotatable bonds is 2. The van der Waals surface area contributed by atoms with Crippen LogP contribution in [0.1, 0.15) is 16.1 Å². The average molecular weight is 229 g/mol. The number of hydrogen-bond acceptors (Lipinski definition) is 5. The molecule has 0 bridgehead atoms. The second kappa shape index (κ2) is 3.94. The lowest BCUT2D eigenvalue weighted by Gasteiger charge is -1.98. The molecule has 3 N–H and O–H groups in total. The van der Waals surface area contributed by atoms with Crippen LogP contribution in [0.5, 0.6) is 0 Å². The summed E-state index contributed by atoms with van der Waals surface area (Å²) in [6.07, 6.45) is 2.73. The summed E-state index contributed by atoms with van der Waals surface area (Å²) in [7, 11) is 0. The highest BCUT2D eigenvalue weighted by Gasteiger charge is 2.14. The molecule has 2 rings (SSSR count). The minimum atomic E-state index is -1.20. The number of carbonyl (C=O) groups is 1. The number of aromatic carboxylic acids is 1. The molecule has 84 valence electrons. The fourth-order valence-corrected chi connectivity index (χ4v) is 1.26. The molecule has 0 unspecified atom stereocenters. The number of nitrogens with zero attached hydrogens (tertiary/aromatic N) is 4. The standard InChI is InChI=1S/C10H7N5O2/c11-3-6-1-2-8(13-4-6)15-5-7(12)9(14-15)10(16)17/h1-2,4-5H,12H2,(H,16,17). The zero-order valence-electron chi connectivity index (χ0n) is 8.53. The Hall–Kier alpha value is -2.88. The second-order valence-electron chi connectivity index (χ2n) is 3.20. The van der Waals surface area contributed by atoms with E-state index in [1.807, 2.05) is 6.07 Å². The van der Waals surface area contributed by atoms with Gasteiger partial charge in [-0.3, -0.25) is 0 Å². The molecule has 0 radical (unpaired) electrons. The molecular weight excluding hydrogens is 222 g/mol. The average Bonchev–Trinajstić information content (AvgIpc) is 2.71. The number of nitriles is 1. The van der Waals surface area contributed by atoms with Gasteiger partial charge in [-0.05, 0) is 12.1 Å². The van der Waals surface area contributed by atoms with E-state index in [1.54, 1.807) is 12.1 Å². The molecule has 0 saturated carbocycles. The number of nitrogen functional groups attached to an aromatic ring is 1. The van der Waals surface area contributed by atoms with Crippen molar-refractivity contribution in [1.82, 2.24) is 14.8 Å². The van der Waals surface area contributed by atoms with Gasteiger partial charge in [0.05, 0.1) is 17.4 Å². The molecule has 0 fully saturated rings. The molecule has 0 spiro atoms. The van der Waals surface area contributed by atoms with Crippen LogP contribution >= 0.6 is 0 Å². The molecule has 0 saturated heterocycles. The van der Waals surface area contributed by atoms with Crippen LogP contribution in [0.3, 0.4) is 0 Å². The number of carboxylic acid groups (broad SMARTS) is 1. The van der Waals surface area contributed by atoms with Gasteiger partial charge in [0, 0.05) is 6.20 Å².